The summed E-state index contributed by atoms with van der Waals surface area (Å²) < 4.78 is 5.29. The second kappa shape index (κ2) is 8.10. The van der Waals surface area contributed by atoms with Gasteiger partial charge in [-0.25, -0.2) is 4.79 Å². The van der Waals surface area contributed by atoms with Crippen molar-refractivity contribution in [3.8, 4) is 11.1 Å². The van der Waals surface area contributed by atoms with Gasteiger partial charge in [-0.3, -0.25) is 14.9 Å². The van der Waals surface area contributed by atoms with E-state index in [1.54, 1.807) is 19.2 Å². The molecule has 1 aromatic carbocycles. The number of imide groups is 1. The third-order valence-corrected chi connectivity index (χ3v) is 3.72. The molecule has 0 aliphatic heterocycles. The zero-order valence-corrected chi connectivity index (χ0v) is 13.7. The van der Waals surface area contributed by atoms with Gasteiger partial charge in [0.2, 0.25) is 12.3 Å². The van der Waals surface area contributed by atoms with Crippen LogP contribution in [0.3, 0.4) is 0 Å². The van der Waals surface area contributed by atoms with Gasteiger partial charge in [-0.15, -0.1) is 0 Å². The molecule has 6 nitrogen and oxygen atoms in total. The minimum atomic E-state index is -0.596. The predicted octanol–water partition coefficient (Wildman–Crippen LogP) is 2.58. The number of benzene rings is 1. The number of unbranched alkanes of at least 4 members (excludes halogenated alkanes) is 1. The molecule has 0 unspecified atom stereocenters. The highest BCUT2D eigenvalue weighted by atomic mass is 16.4. The Morgan fingerprint density at radius 2 is 1.96 bits per heavy atom. The monoisotopic (exact) mass is 328 g/mol. The van der Waals surface area contributed by atoms with Crippen molar-refractivity contribution in [2.45, 2.75) is 26.2 Å². The van der Waals surface area contributed by atoms with E-state index in [0.717, 1.165) is 12.8 Å². The molecule has 0 aliphatic rings. The van der Waals surface area contributed by atoms with Crippen LogP contribution in [-0.4, -0.2) is 19.4 Å². The van der Waals surface area contributed by atoms with Crippen LogP contribution in [0.25, 0.3) is 11.1 Å². The van der Waals surface area contributed by atoms with Gasteiger partial charge >= 0.3 is 5.63 Å². The zero-order valence-electron chi connectivity index (χ0n) is 13.7. The number of anilines is 1. The van der Waals surface area contributed by atoms with Crippen molar-refractivity contribution >= 4 is 18.2 Å². The Hall–Kier alpha value is -2.89. The number of hydrogen-bond donors (Lipinski definition) is 2. The largest absolute Gasteiger partial charge is 0.405 e. The summed E-state index contributed by atoms with van der Waals surface area (Å²) in [7, 11) is 1.56. The molecule has 1 heterocycles. The first kappa shape index (κ1) is 17.5. The lowest BCUT2D eigenvalue weighted by molar-refractivity contribution is -0.108. The summed E-state index contributed by atoms with van der Waals surface area (Å²) in [6.07, 6.45) is 2.55. The molecule has 2 amide bonds. The maximum Gasteiger partial charge on any atom is 0.345 e. The number of amides is 2. The summed E-state index contributed by atoms with van der Waals surface area (Å²) in [5.74, 6) is -0.536. The average molecular weight is 328 g/mol. The molecule has 126 valence electrons. The number of hydrogen-bond acceptors (Lipinski definition) is 5. The Morgan fingerprint density at radius 3 is 2.54 bits per heavy atom. The minimum absolute atomic E-state index is 0.0603. The molecule has 24 heavy (non-hydrogen) atoms. The fourth-order valence-corrected chi connectivity index (χ4v) is 2.62. The van der Waals surface area contributed by atoms with E-state index in [2.05, 4.69) is 10.6 Å². The first-order valence-corrected chi connectivity index (χ1v) is 7.81. The van der Waals surface area contributed by atoms with Crippen molar-refractivity contribution in [2.75, 3.05) is 12.4 Å². The van der Waals surface area contributed by atoms with Gasteiger partial charge in [0.05, 0.1) is 5.56 Å². The van der Waals surface area contributed by atoms with Crippen LogP contribution in [0.1, 0.15) is 35.7 Å². The molecule has 1 aromatic heterocycles. The molecule has 0 radical (unpaired) electrons. The number of carbonyl (C=O) groups excluding carboxylic acids is 2. The summed E-state index contributed by atoms with van der Waals surface area (Å²) in [6.45, 7) is 2.03. The van der Waals surface area contributed by atoms with E-state index in [9.17, 15) is 14.4 Å². The van der Waals surface area contributed by atoms with E-state index in [4.69, 9.17) is 4.42 Å². The van der Waals surface area contributed by atoms with Crippen molar-refractivity contribution in [1.82, 2.24) is 5.32 Å². The third-order valence-electron chi connectivity index (χ3n) is 3.72. The molecular weight excluding hydrogens is 308 g/mol. The molecular formula is C18H20N2O4. The summed E-state index contributed by atoms with van der Waals surface area (Å²) in [5, 5.41) is 4.86. The van der Waals surface area contributed by atoms with Crippen molar-refractivity contribution in [3.63, 3.8) is 0 Å². The van der Waals surface area contributed by atoms with Crippen LogP contribution in [-0.2, 0) is 11.2 Å². The van der Waals surface area contributed by atoms with Gasteiger partial charge in [0, 0.05) is 7.05 Å². The van der Waals surface area contributed by atoms with E-state index < -0.39 is 11.5 Å². The number of rotatable bonds is 7. The molecule has 0 aliphatic carbocycles. The van der Waals surface area contributed by atoms with Crippen molar-refractivity contribution in [3.05, 3.63) is 51.9 Å². The number of carbonyl (C=O) groups is 2. The molecule has 2 N–H and O–H groups in total. The lowest BCUT2D eigenvalue weighted by Crippen LogP contribution is -2.26. The fourth-order valence-electron chi connectivity index (χ4n) is 2.62. The maximum atomic E-state index is 12.5. The van der Waals surface area contributed by atoms with Crippen LogP contribution in [0.2, 0.25) is 0 Å². The summed E-state index contributed by atoms with van der Waals surface area (Å²) in [5.41, 5.74) is 1.30. The van der Waals surface area contributed by atoms with Crippen molar-refractivity contribution in [1.29, 1.82) is 0 Å². The normalized spacial score (nSPS) is 10.2. The lowest BCUT2D eigenvalue weighted by Gasteiger charge is -2.15. The van der Waals surface area contributed by atoms with Crippen molar-refractivity contribution < 1.29 is 14.0 Å². The smallest absolute Gasteiger partial charge is 0.345 e. The second-order valence-electron chi connectivity index (χ2n) is 5.26. The topological polar surface area (TPSA) is 88.4 Å². The third kappa shape index (κ3) is 3.53. The Kier molecular flexibility index (Phi) is 5.89. The van der Waals surface area contributed by atoms with Crippen LogP contribution in [0.15, 0.2) is 39.5 Å². The highest BCUT2D eigenvalue weighted by molar-refractivity contribution is 6.05. The van der Waals surface area contributed by atoms with Crippen LogP contribution < -0.4 is 16.3 Å². The molecule has 0 atom stereocenters. The van der Waals surface area contributed by atoms with Crippen LogP contribution in [0.4, 0.5) is 5.88 Å². The van der Waals surface area contributed by atoms with Gasteiger partial charge in [-0.05, 0) is 24.0 Å². The van der Waals surface area contributed by atoms with Gasteiger partial charge in [0.25, 0.3) is 5.91 Å². The highest BCUT2D eigenvalue weighted by Crippen LogP contribution is 2.29. The van der Waals surface area contributed by atoms with Crippen molar-refractivity contribution in [2.24, 2.45) is 0 Å². The van der Waals surface area contributed by atoms with Gasteiger partial charge < -0.3 is 9.73 Å². The lowest BCUT2D eigenvalue weighted by atomic mass is 9.93. The van der Waals surface area contributed by atoms with Gasteiger partial charge in [0.15, 0.2) is 0 Å². The summed E-state index contributed by atoms with van der Waals surface area (Å²) in [4.78, 5) is 35.6. The quantitative estimate of drug-likeness (QED) is 0.763. The molecule has 2 aromatic rings. The second-order valence-corrected chi connectivity index (χ2v) is 5.26. The van der Waals surface area contributed by atoms with E-state index in [0.29, 0.717) is 29.5 Å². The Labute approximate surface area is 139 Å². The highest BCUT2D eigenvalue weighted by Gasteiger charge is 2.24. The predicted molar refractivity (Wildman–Crippen MR) is 92.1 cm³/mol. The summed E-state index contributed by atoms with van der Waals surface area (Å²) >= 11 is 0. The Balaban J connectivity index is 2.78. The van der Waals surface area contributed by atoms with Gasteiger partial charge in [-0.1, -0.05) is 43.7 Å². The van der Waals surface area contributed by atoms with E-state index in [-0.39, 0.29) is 11.4 Å². The van der Waals surface area contributed by atoms with Gasteiger partial charge in [0.1, 0.15) is 5.56 Å². The molecule has 0 saturated heterocycles. The van der Waals surface area contributed by atoms with E-state index in [1.165, 1.54) is 0 Å². The fraction of sp³-hybridized carbons (Fsp3) is 0.278. The van der Waals surface area contributed by atoms with E-state index in [1.807, 2.05) is 25.1 Å². The summed E-state index contributed by atoms with van der Waals surface area (Å²) in [6, 6.07) is 9.06. The first-order valence-electron chi connectivity index (χ1n) is 7.81. The zero-order chi connectivity index (χ0) is 17.5. The minimum Gasteiger partial charge on any atom is -0.405 e. The van der Waals surface area contributed by atoms with Crippen LogP contribution in [0, 0.1) is 0 Å². The van der Waals surface area contributed by atoms with Crippen LogP contribution >= 0.6 is 0 Å². The maximum absolute atomic E-state index is 12.5. The molecule has 6 heteroatoms. The standard InChI is InChI=1S/C18H20N2O4/c1-3-4-10-13-14(12-8-6-5-7-9-12)18(23)24-17(19-2)15(13)16(22)20-11-21/h5-9,11,19H,3-4,10H2,1-2H3,(H,20,21,22). The number of nitrogens with one attached hydrogen (secondary N) is 2. The first-order chi connectivity index (χ1) is 11.6. The Bertz CT molecular complexity index is 782. The van der Waals surface area contributed by atoms with Gasteiger partial charge in [-0.2, -0.15) is 0 Å². The van der Waals surface area contributed by atoms with Crippen LogP contribution in [0.5, 0.6) is 0 Å². The molecule has 0 bridgehead atoms. The average Bonchev–Trinajstić information content (AvgIpc) is 2.60. The SMILES string of the molecule is CCCCc1c(C(=O)NC=O)c(NC)oc(=O)c1-c1ccccc1. The molecule has 2 rings (SSSR count). The van der Waals surface area contributed by atoms with E-state index >= 15 is 0 Å². The molecule has 0 fully saturated rings. The Morgan fingerprint density at radius 1 is 1.25 bits per heavy atom. The molecule has 0 spiro atoms. The molecule has 0 saturated carbocycles.